The zero-order chi connectivity index (χ0) is 15.7. The minimum absolute atomic E-state index is 0.0465. The number of hydrogen-bond acceptors (Lipinski definition) is 8. The van der Waals surface area contributed by atoms with Crippen molar-refractivity contribution in [2.45, 2.75) is 19.5 Å². The van der Waals surface area contributed by atoms with Crippen molar-refractivity contribution in [1.82, 2.24) is 0 Å². The van der Waals surface area contributed by atoms with Gasteiger partial charge in [-0.3, -0.25) is 10.1 Å². The Morgan fingerprint density at radius 2 is 2.00 bits per heavy atom. The number of aryl methyl sites for hydroxylation is 1. The third-order valence-electron chi connectivity index (χ3n) is 2.96. The van der Waals surface area contributed by atoms with Gasteiger partial charge in [-0.25, -0.2) is 4.79 Å². The average Bonchev–Trinajstić information content (AvgIpc) is 3.15. The minimum Gasteiger partial charge on any atom is -0.437 e. The monoisotopic (exact) mass is 309 g/mol. The highest BCUT2D eigenvalue weighted by Crippen LogP contribution is 2.33. The fourth-order valence-corrected chi connectivity index (χ4v) is 1.73. The zero-order valence-corrected chi connectivity index (χ0v) is 11.4. The van der Waals surface area contributed by atoms with E-state index in [1.165, 1.54) is 24.3 Å². The summed E-state index contributed by atoms with van der Waals surface area (Å²) >= 11 is 0. The minimum atomic E-state index is -1.28. The lowest BCUT2D eigenvalue weighted by Crippen LogP contribution is -2.24. The molecule has 22 heavy (non-hydrogen) atoms. The van der Waals surface area contributed by atoms with Crippen molar-refractivity contribution < 1.29 is 28.0 Å². The molecule has 1 saturated heterocycles. The maximum Gasteiger partial charge on any atom is 0.519 e. The number of nitro groups is 1. The van der Waals surface area contributed by atoms with E-state index in [0.29, 0.717) is 11.5 Å². The lowest BCUT2D eigenvalue weighted by atomic mass is 10.3. The molecule has 0 saturated carbocycles. The van der Waals surface area contributed by atoms with Crippen molar-refractivity contribution in [2.24, 2.45) is 0 Å². The normalized spacial score (nSPS) is 19.9. The molecule has 0 N–H and O–H groups in total. The van der Waals surface area contributed by atoms with Crippen LogP contribution < -0.4 is 10.6 Å². The highest BCUT2D eigenvalue weighted by molar-refractivity contribution is 5.36. The SMILES string of the molecule is Cc1oc(=O)oc1COC1(Oc2ccc([N+](=O)[O-])cc2)CO1. The smallest absolute Gasteiger partial charge is 0.437 e. The molecular weight excluding hydrogens is 298 g/mol. The van der Waals surface area contributed by atoms with E-state index in [1.807, 2.05) is 0 Å². The summed E-state index contributed by atoms with van der Waals surface area (Å²) in [5.41, 5.74) is -0.0465. The van der Waals surface area contributed by atoms with Gasteiger partial charge in [0.25, 0.3) is 5.69 Å². The molecule has 0 radical (unpaired) electrons. The van der Waals surface area contributed by atoms with Crippen molar-refractivity contribution in [2.75, 3.05) is 6.61 Å². The van der Waals surface area contributed by atoms with Gasteiger partial charge in [0, 0.05) is 12.1 Å². The molecule has 9 nitrogen and oxygen atoms in total. The fourth-order valence-electron chi connectivity index (χ4n) is 1.73. The van der Waals surface area contributed by atoms with E-state index in [-0.39, 0.29) is 24.7 Å². The largest absolute Gasteiger partial charge is 0.519 e. The molecule has 9 heteroatoms. The Hall–Kier alpha value is -2.65. The van der Waals surface area contributed by atoms with Gasteiger partial charge in [0.1, 0.15) is 24.7 Å². The number of ether oxygens (including phenoxy) is 3. The summed E-state index contributed by atoms with van der Waals surface area (Å²) < 4.78 is 25.6. The molecule has 3 rings (SSSR count). The van der Waals surface area contributed by atoms with Crippen molar-refractivity contribution >= 4 is 5.69 Å². The number of nitrogens with zero attached hydrogens (tertiary/aromatic N) is 1. The molecular formula is C13H11NO8. The van der Waals surface area contributed by atoms with Gasteiger partial charge in [-0.15, -0.1) is 0 Å². The number of rotatable bonds is 6. The van der Waals surface area contributed by atoms with E-state index >= 15 is 0 Å². The summed E-state index contributed by atoms with van der Waals surface area (Å²) in [4.78, 5) is 21.0. The van der Waals surface area contributed by atoms with Crippen LogP contribution in [0.2, 0.25) is 0 Å². The Morgan fingerprint density at radius 1 is 1.32 bits per heavy atom. The van der Waals surface area contributed by atoms with Crippen LogP contribution in [0, 0.1) is 17.0 Å². The molecule has 1 aromatic heterocycles. The van der Waals surface area contributed by atoms with Crippen LogP contribution in [-0.2, 0) is 16.1 Å². The van der Waals surface area contributed by atoms with E-state index in [2.05, 4.69) is 0 Å². The first-order valence-corrected chi connectivity index (χ1v) is 6.28. The van der Waals surface area contributed by atoms with Gasteiger partial charge in [-0.1, -0.05) is 0 Å². The number of hydrogen-bond donors (Lipinski definition) is 0. The Balaban J connectivity index is 1.63. The van der Waals surface area contributed by atoms with Crippen molar-refractivity contribution in [3.8, 4) is 5.75 Å². The summed E-state index contributed by atoms with van der Waals surface area (Å²) in [6.07, 6.45) is 0. The summed E-state index contributed by atoms with van der Waals surface area (Å²) in [7, 11) is 0. The molecule has 0 amide bonds. The highest BCUT2D eigenvalue weighted by atomic mass is 16.9. The first-order valence-electron chi connectivity index (χ1n) is 6.28. The van der Waals surface area contributed by atoms with Crippen molar-refractivity contribution in [1.29, 1.82) is 0 Å². The molecule has 116 valence electrons. The standard InChI is InChI=1S/C13H11NO8/c1-8-11(21-12(15)20-8)6-18-13(7-19-13)22-10-4-2-9(3-5-10)14(16)17/h2-5H,6-7H2,1H3. The Labute approximate surface area is 123 Å². The summed E-state index contributed by atoms with van der Waals surface area (Å²) in [6.45, 7) is 1.69. The fraction of sp³-hybridized carbons (Fsp3) is 0.308. The summed E-state index contributed by atoms with van der Waals surface area (Å²) in [6, 6.07) is 5.50. The van der Waals surface area contributed by atoms with Crippen molar-refractivity contribution in [3.63, 3.8) is 0 Å². The molecule has 0 bridgehead atoms. The molecule has 0 aliphatic carbocycles. The van der Waals surface area contributed by atoms with E-state index < -0.39 is 16.7 Å². The van der Waals surface area contributed by atoms with Crippen LogP contribution in [0.15, 0.2) is 37.9 Å². The van der Waals surface area contributed by atoms with E-state index in [4.69, 9.17) is 23.0 Å². The van der Waals surface area contributed by atoms with Crippen LogP contribution in [0.3, 0.4) is 0 Å². The quantitative estimate of drug-likeness (QED) is 0.342. The number of nitro benzene ring substituents is 1. The van der Waals surface area contributed by atoms with Crippen LogP contribution >= 0.6 is 0 Å². The number of epoxide rings is 1. The number of benzene rings is 1. The van der Waals surface area contributed by atoms with Gasteiger partial charge in [0.2, 0.25) is 0 Å². The summed E-state index contributed by atoms with van der Waals surface area (Å²) in [5.74, 6) is -1.17. The molecule has 1 aliphatic heterocycles. The second-order valence-corrected chi connectivity index (χ2v) is 4.55. The predicted octanol–water partition coefficient (Wildman–Crippen LogP) is 1.73. The van der Waals surface area contributed by atoms with Gasteiger partial charge < -0.3 is 23.0 Å². The Kier molecular flexibility index (Phi) is 3.43. The lowest BCUT2D eigenvalue weighted by molar-refractivity contribution is -0.384. The average molecular weight is 309 g/mol. The van der Waals surface area contributed by atoms with Gasteiger partial charge in [-0.05, 0) is 19.1 Å². The maximum absolute atomic E-state index is 10.9. The van der Waals surface area contributed by atoms with Gasteiger partial charge in [0.15, 0.2) is 5.76 Å². The molecule has 1 unspecified atom stereocenters. The first-order chi connectivity index (χ1) is 10.5. The highest BCUT2D eigenvalue weighted by Gasteiger charge is 2.50. The van der Waals surface area contributed by atoms with Gasteiger partial charge in [0.05, 0.1) is 4.92 Å². The Morgan fingerprint density at radius 3 is 2.50 bits per heavy atom. The van der Waals surface area contributed by atoms with Crippen LogP contribution in [-0.4, -0.2) is 17.5 Å². The second-order valence-electron chi connectivity index (χ2n) is 4.55. The molecule has 0 spiro atoms. The van der Waals surface area contributed by atoms with E-state index in [1.54, 1.807) is 6.92 Å². The van der Waals surface area contributed by atoms with Crippen molar-refractivity contribution in [3.05, 3.63) is 56.5 Å². The third kappa shape index (κ3) is 3.00. The predicted molar refractivity (Wildman–Crippen MR) is 69.2 cm³/mol. The third-order valence-corrected chi connectivity index (χ3v) is 2.96. The van der Waals surface area contributed by atoms with Crippen LogP contribution in [0.5, 0.6) is 5.75 Å². The number of non-ortho nitro benzene ring substituents is 1. The first kappa shape index (κ1) is 14.3. The molecule has 1 aliphatic rings. The molecule has 1 fully saturated rings. The molecule has 2 heterocycles. The van der Waals surface area contributed by atoms with Crippen LogP contribution in [0.25, 0.3) is 0 Å². The zero-order valence-electron chi connectivity index (χ0n) is 11.4. The maximum atomic E-state index is 10.9. The van der Waals surface area contributed by atoms with E-state index in [9.17, 15) is 14.9 Å². The Bertz CT molecular complexity index is 740. The second kappa shape index (κ2) is 5.28. The topological polar surface area (TPSA) is 117 Å². The van der Waals surface area contributed by atoms with Crippen LogP contribution in [0.4, 0.5) is 5.69 Å². The van der Waals surface area contributed by atoms with Gasteiger partial charge >= 0.3 is 11.8 Å². The molecule has 1 atom stereocenters. The van der Waals surface area contributed by atoms with Gasteiger partial charge in [-0.2, -0.15) is 0 Å². The van der Waals surface area contributed by atoms with E-state index in [0.717, 1.165) is 0 Å². The lowest BCUT2D eigenvalue weighted by Gasteiger charge is -2.14. The molecule has 2 aromatic rings. The van der Waals surface area contributed by atoms with Crippen LogP contribution in [0.1, 0.15) is 11.5 Å². The molecule has 1 aromatic carbocycles. The summed E-state index contributed by atoms with van der Waals surface area (Å²) in [5, 5.41) is 10.6.